The summed E-state index contributed by atoms with van der Waals surface area (Å²) < 4.78 is 63.4. The van der Waals surface area contributed by atoms with Crippen molar-refractivity contribution in [3.8, 4) is 5.75 Å². The van der Waals surface area contributed by atoms with Gasteiger partial charge in [0.05, 0.1) is 13.0 Å². The summed E-state index contributed by atoms with van der Waals surface area (Å²) in [6.45, 7) is 2.08. The van der Waals surface area contributed by atoms with Gasteiger partial charge in [0.2, 0.25) is 5.60 Å². The smallest absolute Gasteiger partial charge is 0.404 e. The van der Waals surface area contributed by atoms with E-state index in [-0.39, 0.29) is 5.56 Å². The number of alkyl halides is 4. The molecule has 0 radical (unpaired) electrons. The van der Waals surface area contributed by atoms with Gasteiger partial charge < -0.3 is 9.47 Å². The topological polar surface area (TPSA) is 35.5 Å². The van der Waals surface area contributed by atoms with Crippen molar-refractivity contribution in [1.82, 2.24) is 0 Å². The molecule has 1 saturated carbocycles. The van der Waals surface area contributed by atoms with Gasteiger partial charge in [-0.15, -0.1) is 0 Å². The Morgan fingerprint density at radius 1 is 1.24 bits per heavy atom. The van der Waals surface area contributed by atoms with E-state index in [4.69, 9.17) is 16.3 Å². The van der Waals surface area contributed by atoms with Gasteiger partial charge in [0.1, 0.15) is 5.75 Å². The Kier molecular flexibility index (Phi) is 3.82. The number of rotatable bonds is 4. The molecule has 1 aliphatic rings. The molecule has 0 saturated heterocycles. The van der Waals surface area contributed by atoms with E-state index < -0.39 is 29.3 Å². The fraction of sp³-hybridized carbons (Fsp3) is 0.462. The first-order valence-corrected chi connectivity index (χ1v) is 6.41. The standard InChI is InChI=1S/C13H11ClF4O3/c1-2-20-9-5-3-8(4-6-9)11(21-10(14)19)7-12(15,16)13(11,17)18/h3-6H,2,7H2,1H3. The summed E-state index contributed by atoms with van der Waals surface area (Å²) in [5, 5.41) is 0. The lowest BCUT2D eigenvalue weighted by Crippen LogP contribution is -2.70. The predicted octanol–water partition coefficient (Wildman–Crippen LogP) is 4.33. The molecule has 0 spiro atoms. The molecule has 0 amide bonds. The van der Waals surface area contributed by atoms with E-state index in [1.165, 1.54) is 12.1 Å². The molecule has 8 heteroatoms. The molecule has 3 nitrogen and oxygen atoms in total. The zero-order chi connectivity index (χ0) is 15.9. The molecule has 1 aromatic rings. The number of carbonyl (C=O) groups excluding carboxylic acids is 1. The van der Waals surface area contributed by atoms with Crippen LogP contribution in [0.1, 0.15) is 18.9 Å². The van der Waals surface area contributed by atoms with Crippen molar-refractivity contribution in [1.29, 1.82) is 0 Å². The fourth-order valence-corrected chi connectivity index (χ4v) is 2.42. The third-order valence-electron chi connectivity index (χ3n) is 3.32. The van der Waals surface area contributed by atoms with Gasteiger partial charge in [-0.05, 0) is 19.1 Å². The highest BCUT2D eigenvalue weighted by molar-refractivity contribution is 6.61. The lowest BCUT2D eigenvalue weighted by Gasteiger charge is -2.52. The quantitative estimate of drug-likeness (QED) is 0.610. The Balaban J connectivity index is 2.41. The number of carbonyl (C=O) groups is 1. The van der Waals surface area contributed by atoms with E-state index in [9.17, 15) is 22.4 Å². The molecule has 0 aromatic heterocycles. The minimum atomic E-state index is -4.54. The molecule has 116 valence electrons. The van der Waals surface area contributed by atoms with Gasteiger partial charge in [-0.3, -0.25) is 0 Å². The third kappa shape index (κ3) is 2.33. The second-order valence-electron chi connectivity index (χ2n) is 4.58. The van der Waals surface area contributed by atoms with Crippen LogP contribution in [-0.2, 0) is 10.3 Å². The molecule has 1 fully saturated rings. The minimum absolute atomic E-state index is 0.268. The highest BCUT2D eigenvalue weighted by Crippen LogP contribution is 2.64. The maximum Gasteiger partial charge on any atom is 0.404 e. The number of halogens is 5. The number of ether oxygens (including phenoxy) is 2. The van der Waals surface area contributed by atoms with Crippen LogP contribution >= 0.6 is 11.6 Å². The van der Waals surface area contributed by atoms with Crippen LogP contribution in [0.4, 0.5) is 22.4 Å². The van der Waals surface area contributed by atoms with E-state index in [1.54, 1.807) is 6.92 Å². The third-order valence-corrected chi connectivity index (χ3v) is 3.40. The second kappa shape index (κ2) is 5.05. The van der Waals surface area contributed by atoms with Gasteiger partial charge in [0, 0.05) is 17.2 Å². The Labute approximate surface area is 122 Å². The minimum Gasteiger partial charge on any atom is -0.494 e. The van der Waals surface area contributed by atoms with Crippen molar-refractivity contribution in [2.75, 3.05) is 6.61 Å². The van der Waals surface area contributed by atoms with Crippen LogP contribution in [0.3, 0.4) is 0 Å². The maximum absolute atomic E-state index is 13.8. The van der Waals surface area contributed by atoms with Crippen LogP contribution < -0.4 is 4.74 Å². The zero-order valence-electron chi connectivity index (χ0n) is 10.8. The van der Waals surface area contributed by atoms with Gasteiger partial charge >= 0.3 is 17.3 Å². The van der Waals surface area contributed by atoms with Crippen LogP contribution in [-0.4, -0.2) is 23.9 Å². The van der Waals surface area contributed by atoms with Crippen LogP contribution in [0, 0.1) is 0 Å². The van der Waals surface area contributed by atoms with E-state index >= 15 is 0 Å². The van der Waals surface area contributed by atoms with Gasteiger partial charge in [-0.25, -0.2) is 4.79 Å². The summed E-state index contributed by atoms with van der Waals surface area (Å²) in [5.41, 5.74) is -4.60. The average Bonchev–Trinajstić information content (AvgIpc) is 2.38. The highest BCUT2D eigenvalue weighted by atomic mass is 35.5. The molecule has 0 heterocycles. The maximum atomic E-state index is 13.8. The molecular weight excluding hydrogens is 316 g/mol. The summed E-state index contributed by atoms with van der Waals surface area (Å²) in [7, 11) is 0. The molecule has 1 aromatic carbocycles. The van der Waals surface area contributed by atoms with E-state index in [1.807, 2.05) is 0 Å². The van der Waals surface area contributed by atoms with Gasteiger partial charge in [0.15, 0.2) is 0 Å². The van der Waals surface area contributed by atoms with E-state index in [0.717, 1.165) is 12.1 Å². The first-order valence-electron chi connectivity index (χ1n) is 6.04. The van der Waals surface area contributed by atoms with Crippen molar-refractivity contribution in [3.63, 3.8) is 0 Å². The number of hydrogen-bond donors (Lipinski definition) is 0. The number of benzene rings is 1. The molecule has 1 aliphatic carbocycles. The number of hydrogen-bond acceptors (Lipinski definition) is 3. The van der Waals surface area contributed by atoms with Crippen molar-refractivity contribution in [2.24, 2.45) is 0 Å². The molecule has 0 aliphatic heterocycles. The lowest BCUT2D eigenvalue weighted by molar-refractivity contribution is -0.381. The summed E-state index contributed by atoms with van der Waals surface area (Å²) in [6.07, 6.45) is -1.33. The van der Waals surface area contributed by atoms with Gasteiger partial charge in [0.25, 0.3) is 0 Å². The van der Waals surface area contributed by atoms with Crippen LogP contribution in [0.15, 0.2) is 24.3 Å². The fourth-order valence-electron chi connectivity index (χ4n) is 2.29. The normalized spacial score (nSPS) is 25.8. The van der Waals surface area contributed by atoms with Gasteiger partial charge in [-0.1, -0.05) is 12.1 Å². The Bertz CT molecular complexity index is 547. The van der Waals surface area contributed by atoms with Crippen LogP contribution in [0.25, 0.3) is 0 Å². The first kappa shape index (κ1) is 15.9. The summed E-state index contributed by atoms with van der Waals surface area (Å²) in [6, 6.07) is 4.95. The molecule has 0 N–H and O–H groups in total. The lowest BCUT2D eigenvalue weighted by atomic mass is 9.68. The molecular formula is C13H11ClF4O3. The van der Waals surface area contributed by atoms with E-state index in [0.29, 0.717) is 12.4 Å². The highest BCUT2D eigenvalue weighted by Gasteiger charge is 2.83. The van der Waals surface area contributed by atoms with Crippen molar-refractivity contribution < 1.29 is 31.8 Å². The zero-order valence-corrected chi connectivity index (χ0v) is 11.6. The second-order valence-corrected chi connectivity index (χ2v) is 4.89. The Morgan fingerprint density at radius 3 is 2.19 bits per heavy atom. The SMILES string of the molecule is CCOc1ccc(C2(OC(=O)Cl)CC(F)(F)C2(F)F)cc1. The summed E-state index contributed by atoms with van der Waals surface area (Å²) >= 11 is 4.96. The summed E-state index contributed by atoms with van der Waals surface area (Å²) in [5.74, 6) is -8.43. The van der Waals surface area contributed by atoms with Crippen LogP contribution in [0.5, 0.6) is 5.75 Å². The molecule has 2 rings (SSSR count). The van der Waals surface area contributed by atoms with Crippen LogP contribution in [0.2, 0.25) is 0 Å². The average molecular weight is 327 g/mol. The Hall–Kier alpha value is -1.50. The van der Waals surface area contributed by atoms with Crippen molar-refractivity contribution in [3.05, 3.63) is 29.8 Å². The van der Waals surface area contributed by atoms with Gasteiger partial charge in [-0.2, -0.15) is 17.6 Å². The first-order chi connectivity index (χ1) is 9.66. The van der Waals surface area contributed by atoms with Crippen molar-refractivity contribution >= 4 is 17.0 Å². The summed E-state index contributed by atoms with van der Waals surface area (Å²) in [4.78, 5) is 10.8. The van der Waals surface area contributed by atoms with E-state index in [2.05, 4.69) is 4.74 Å². The molecule has 1 unspecified atom stereocenters. The predicted molar refractivity (Wildman–Crippen MR) is 66.1 cm³/mol. The molecule has 21 heavy (non-hydrogen) atoms. The monoisotopic (exact) mass is 326 g/mol. The molecule has 0 bridgehead atoms. The van der Waals surface area contributed by atoms with Crippen molar-refractivity contribution in [2.45, 2.75) is 30.8 Å². The Morgan fingerprint density at radius 2 is 1.81 bits per heavy atom. The largest absolute Gasteiger partial charge is 0.494 e. The molecule has 1 atom stereocenters.